The maximum absolute atomic E-state index is 5.37. The molecule has 7 heterocycles. The fourth-order valence-electron chi connectivity index (χ4n) is 6.97. The lowest BCUT2D eigenvalue weighted by Gasteiger charge is -2.06. The van der Waals surface area contributed by atoms with Crippen LogP contribution in [0.2, 0.25) is 0 Å². The Morgan fingerprint density at radius 1 is 0.365 bits per heavy atom. The predicted octanol–water partition coefficient (Wildman–Crippen LogP) is 2.98. The smallest absolute Gasteiger partial charge is 0.169 e. The van der Waals surface area contributed by atoms with Gasteiger partial charge in [-0.2, -0.15) is 0 Å². The summed E-state index contributed by atoms with van der Waals surface area (Å²) in [6, 6.07) is 38.3. The van der Waals surface area contributed by atoms with E-state index in [1.54, 1.807) is 0 Å². The first-order valence-electron chi connectivity index (χ1n) is 16.8. The van der Waals surface area contributed by atoms with Gasteiger partial charge in [-0.1, -0.05) is 60.7 Å². The molecule has 9 rings (SSSR count). The average molecular weight is 901 g/mol. The first-order valence-corrected chi connectivity index (χ1v) is 16.8. The van der Waals surface area contributed by atoms with Gasteiger partial charge in [-0.25, -0.2) is 19.1 Å². The number of halogens is 2. The molecule has 0 atom stereocenters. The summed E-state index contributed by atoms with van der Waals surface area (Å²) in [7, 11) is 4.07. The third-order valence-electron chi connectivity index (χ3n) is 9.41. The lowest BCUT2D eigenvalue weighted by Crippen LogP contribution is -3.00. The van der Waals surface area contributed by atoms with Gasteiger partial charge in [-0.3, -0.25) is 0 Å². The molecule has 8 heteroatoms. The normalized spacial score (nSPS) is 11.6. The minimum absolute atomic E-state index is 0. The van der Waals surface area contributed by atoms with Gasteiger partial charge in [-0.05, 0) is 70.8 Å². The molecule has 2 aliphatic rings. The molecule has 52 heavy (non-hydrogen) atoms. The zero-order chi connectivity index (χ0) is 33.6. The predicted molar refractivity (Wildman–Crippen MR) is 203 cm³/mol. The maximum atomic E-state index is 5.37. The Balaban J connectivity index is 0.00000210. The van der Waals surface area contributed by atoms with Crippen LogP contribution in [0.5, 0.6) is 0 Å². The number of aromatic amines is 2. The molecule has 0 saturated heterocycles. The highest BCUT2D eigenvalue weighted by molar-refractivity contribution is 5.99. The molecule has 0 radical (unpaired) electrons. The molecule has 2 aromatic carbocycles. The van der Waals surface area contributed by atoms with Gasteiger partial charge in [0, 0.05) is 68.6 Å². The summed E-state index contributed by atoms with van der Waals surface area (Å²) in [4.78, 5) is 18.4. The number of fused-ring (bicyclic) bond motifs is 8. The minimum atomic E-state index is 0. The van der Waals surface area contributed by atoms with Crippen LogP contribution in [-0.2, 0) is 14.1 Å². The van der Waals surface area contributed by atoms with Crippen LogP contribution in [0, 0.1) is 0 Å². The highest BCUT2D eigenvalue weighted by Gasteiger charge is 2.19. The zero-order valence-corrected chi connectivity index (χ0v) is 32.9. The van der Waals surface area contributed by atoms with Crippen molar-refractivity contribution in [3.05, 3.63) is 157 Å². The SMILES string of the molecule is C[n+]1ccc(-c2c3nc(c(-c4ccccc4)c4ccc([nH]4)c(-c4ccccc4)c4nc(c(-c5cc[n+](C)cc5)c5ccc2[nH]5)C=C4)C=C3)cc1.[I-].[I-]. The second-order valence-corrected chi connectivity index (χ2v) is 12.7. The number of pyridine rings is 2. The van der Waals surface area contributed by atoms with E-state index in [2.05, 4.69) is 156 Å². The van der Waals surface area contributed by atoms with Gasteiger partial charge in [0.05, 0.1) is 22.8 Å². The molecule has 0 amide bonds. The summed E-state index contributed by atoms with van der Waals surface area (Å²) < 4.78 is 4.10. The fraction of sp³-hybridized carbons (Fsp3) is 0.0455. The van der Waals surface area contributed by atoms with Crippen LogP contribution in [0.1, 0.15) is 22.8 Å². The number of rotatable bonds is 4. The summed E-state index contributed by atoms with van der Waals surface area (Å²) in [6.45, 7) is 0. The number of hydrogen-bond acceptors (Lipinski definition) is 2. The molecule has 6 nitrogen and oxygen atoms in total. The van der Waals surface area contributed by atoms with Crippen molar-refractivity contribution in [1.29, 1.82) is 0 Å². The molecule has 2 N–H and O–H groups in total. The minimum Gasteiger partial charge on any atom is -1.00 e. The van der Waals surface area contributed by atoms with E-state index in [0.717, 1.165) is 89.4 Å². The van der Waals surface area contributed by atoms with E-state index in [-0.39, 0.29) is 48.0 Å². The molecule has 0 spiro atoms. The van der Waals surface area contributed by atoms with Gasteiger partial charge in [-0.15, -0.1) is 0 Å². The number of benzene rings is 2. The average Bonchev–Trinajstić information content (AvgIpc) is 3.98. The Morgan fingerprint density at radius 3 is 0.923 bits per heavy atom. The number of nitrogens with one attached hydrogen (secondary N) is 2. The molecule has 0 unspecified atom stereocenters. The summed E-state index contributed by atoms with van der Waals surface area (Å²) in [5.74, 6) is 0. The maximum Gasteiger partial charge on any atom is 0.169 e. The molecule has 254 valence electrons. The van der Waals surface area contributed by atoms with E-state index >= 15 is 0 Å². The third-order valence-corrected chi connectivity index (χ3v) is 9.41. The van der Waals surface area contributed by atoms with E-state index in [0.29, 0.717) is 0 Å². The van der Waals surface area contributed by atoms with Gasteiger partial charge in [0.2, 0.25) is 0 Å². The van der Waals surface area contributed by atoms with Crippen LogP contribution < -0.4 is 57.1 Å². The summed E-state index contributed by atoms with van der Waals surface area (Å²) in [6.07, 6.45) is 16.9. The van der Waals surface area contributed by atoms with Crippen LogP contribution in [-0.4, -0.2) is 19.9 Å². The van der Waals surface area contributed by atoms with E-state index < -0.39 is 0 Å². The van der Waals surface area contributed by atoms with Crippen molar-refractivity contribution >= 4 is 46.4 Å². The quantitative estimate of drug-likeness (QED) is 0.211. The standard InChI is InChI=1S/C44H33N6.2HI/c1-49-25-21-31(22-26-49)43-37-17-15-35(46-37)41(29-9-5-3-6-10-29)33-13-14-34(45-33)42(30-11-7-4-8-12-30)36-16-18-38(47-36)44(40-20-19-39(43)48-40)32-23-27-50(2)28-24-32;;/h3-28H,1-2H3,(H,45,46,47,48);2*1H/q+1;;/p-1. The topological polar surface area (TPSA) is 65.1 Å². The molecular formula is C44H34I2N6. The van der Waals surface area contributed by atoms with E-state index in [9.17, 15) is 0 Å². The summed E-state index contributed by atoms with van der Waals surface area (Å²) in [5, 5.41) is 0. The lowest BCUT2D eigenvalue weighted by atomic mass is 10.0. The van der Waals surface area contributed by atoms with Crippen LogP contribution in [0.15, 0.2) is 134 Å². The summed E-state index contributed by atoms with van der Waals surface area (Å²) >= 11 is 0. The highest BCUT2D eigenvalue weighted by Crippen LogP contribution is 2.38. The van der Waals surface area contributed by atoms with Gasteiger partial charge in [0.1, 0.15) is 14.1 Å². The number of hydrogen-bond donors (Lipinski definition) is 2. The number of aryl methyl sites for hydroxylation is 2. The number of nitrogens with zero attached hydrogens (tertiary/aromatic N) is 4. The second kappa shape index (κ2) is 14.8. The van der Waals surface area contributed by atoms with Crippen molar-refractivity contribution in [3.8, 4) is 44.5 Å². The van der Waals surface area contributed by atoms with Crippen LogP contribution in [0.3, 0.4) is 0 Å². The molecular weight excluding hydrogens is 866 g/mol. The molecule has 8 bridgehead atoms. The van der Waals surface area contributed by atoms with Crippen molar-refractivity contribution in [2.24, 2.45) is 14.1 Å². The molecule has 7 aromatic rings. The summed E-state index contributed by atoms with van der Waals surface area (Å²) in [5.41, 5.74) is 16.0. The molecule has 0 aliphatic carbocycles. The number of H-pyrrole nitrogens is 2. The Kier molecular flexibility index (Phi) is 10.0. The van der Waals surface area contributed by atoms with E-state index in [1.807, 2.05) is 35.4 Å². The molecule has 0 fully saturated rings. The third kappa shape index (κ3) is 6.52. The van der Waals surface area contributed by atoms with Crippen molar-refractivity contribution in [2.45, 2.75) is 0 Å². The Morgan fingerprint density at radius 2 is 0.635 bits per heavy atom. The highest BCUT2D eigenvalue weighted by atomic mass is 127. The fourth-order valence-corrected chi connectivity index (χ4v) is 6.97. The Hall–Kier alpha value is -5.20. The Labute approximate surface area is 336 Å². The molecule has 2 aliphatic heterocycles. The lowest BCUT2D eigenvalue weighted by molar-refractivity contribution is -0.671. The first kappa shape index (κ1) is 35.2. The largest absolute Gasteiger partial charge is 1.00 e. The van der Waals surface area contributed by atoms with Gasteiger partial charge in [0.25, 0.3) is 0 Å². The van der Waals surface area contributed by atoms with Crippen LogP contribution in [0.4, 0.5) is 0 Å². The van der Waals surface area contributed by atoms with Crippen molar-refractivity contribution in [1.82, 2.24) is 19.9 Å². The van der Waals surface area contributed by atoms with Crippen molar-refractivity contribution in [3.63, 3.8) is 0 Å². The molecule has 0 saturated carbocycles. The van der Waals surface area contributed by atoms with Crippen molar-refractivity contribution < 1.29 is 57.1 Å². The van der Waals surface area contributed by atoms with E-state index in [4.69, 9.17) is 9.97 Å². The molecule has 5 aromatic heterocycles. The Bertz CT molecular complexity index is 2460. The van der Waals surface area contributed by atoms with E-state index in [1.165, 1.54) is 0 Å². The zero-order valence-electron chi connectivity index (χ0n) is 28.6. The second-order valence-electron chi connectivity index (χ2n) is 12.7. The van der Waals surface area contributed by atoms with Gasteiger partial charge >= 0.3 is 0 Å². The van der Waals surface area contributed by atoms with Crippen molar-refractivity contribution in [2.75, 3.05) is 0 Å². The van der Waals surface area contributed by atoms with Crippen LogP contribution in [0.25, 0.3) is 90.9 Å². The van der Waals surface area contributed by atoms with Crippen LogP contribution >= 0.6 is 0 Å². The van der Waals surface area contributed by atoms with Gasteiger partial charge < -0.3 is 57.9 Å². The monoisotopic (exact) mass is 900 g/mol. The van der Waals surface area contributed by atoms with Gasteiger partial charge in [0.15, 0.2) is 24.8 Å². The number of aromatic nitrogens is 6. The first-order chi connectivity index (χ1) is 24.6.